The Bertz CT molecular complexity index is 409. The van der Waals surface area contributed by atoms with Crippen molar-refractivity contribution in [3.63, 3.8) is 0 Å². The van der Waals surface area contributed by atoms with Gasteiger partial charge in [0.05, 0.1) is 12.5 Å². The van der Waals surface area contributed by atoms with E-state index in [1.165, 1.54) is 0 Å². The molecule has 0 saturated heterocycles. The number of ketones is 1. The molecule has 19 heavy (non-hydrogen) atoms. The van der Waals surface area contributed by atoms with Crippen LogP contribution in [0.4, 0.5) is 0 Å². The number of benzene rings is 1. The van der Waals surface area contributed by atoms with Crippen molar-refractivity contribution in [2.75, 3.05) is 19.7 Å². The zero-order valence-electron chi connectivity index (χ0n) is 11.7. The number of rotatable bonds is 6. The Morgan fingerprint density at radius 3 is 2.37 bits per heavy atom. The third kappa shape index (κ3) is 4.94. The monoisotopic (exact) mass is 283 g/mol. The molecule has 106 valence electrons. The smallest absolute Gasteiger partial charge is 0.146 e. The van der Waals surface area contributed by atoms with E-state index in [0.29, 0.717) is 18.1 Å². The fraction of sp³-hybridized carbons (Fsp3) is 0.533. The second kappa shape index (κ2) is 7.04. The van der Waals surface area contributed by atoms with Crippen molar-refractivity contribution in [3.05, 3.63) is 34.9 Å². The van der Waals surface area contributed by atoms with Gasteiger partial charge in [-0.2, -0.15) is 0 Å². The van der Waals surface area contributed by atoms with Gasteiger partial charge in [-0.05, 0) is 17.7 Å². The molecule has 0 aliphatic heterocycles. The van der Waals surface area contributed by atoms with Crippen molar-refractivity contribution in [2.45, 2.75) is 26.7 Å². The quantitative estimate of drug-likeness (QED) is 0.789. The highest BCUT2D eigenvalue weighted by atomic mass is 35.5. The molecule has 0 spiro atoms. The molecule has 4 heteroatoms. The fourth-order valence-electron chi connectivity index (χ4n) is 1.91. The third-order valence-corrected chi connectivity index (χ3v) is 3.22. The summed E-state index contributed by atoms with van der Waals surface area (Å²) in [6.45, 7) is 6.84. The summed E-state index contributed by atoms with van der Waals surface area (Å²) < 4.78 is 0. The van der Waals surface area contributed by atoms with Gasteiger partial charge >= 0.3 is 0 Å². The number of halogens is 1. The first kappa shape index (κ1) is 16.2. The van der Waals surface area contributed by atoms with Crippen LogP contribution in [0.25, 0.3) is 0 Å². The molecule has 0 heterocycles. The summed E-state index contributed by atoms with van der Waals surface area (Å²) in [7, 11) is 0. The average Bonchev–Trinajstić information content (AvgIpc) is 2.34. The minimum absolute atomic E-state index is 0.0665. The lowest BCUT2D eigenvalue weighted by Crippen LogP contribution is -2.34. The van der Waals surface area contributed by atoms with Crippen LogP contribution in [0.5, 0.6) is 0 Å². The molecule has 1 aromatic rings. The van der Waals surface area contributed by atoms with E-state index in [4.69, 9.17) is 16.7 Å². The Hall–Kier alpha value is -0.900. The first-order chi connectivity index (χ1) is 8.86. The van der Waals surface area contributed by atoms with Crippen molar-refractivity contribution in [3.8, 4) is 0 Å². The van der Waals surface area contributed by atoms with Gasteiger partial charge in [0, 0.05) is 23.5 Å². The van der Waals surface area contributed by atoms with Crippen LogP contribution in [0, 0.1) is 5.41 Å². The molecule has 0 aliphatic carbocycles. The van der Waals surface area contributed by atoms with Gasteiger partial charge in [-0.1, -0.05) is 44.5 Å². The average molecular weight is 284 g/mol. The van der Waals surface area contributed by atoms with Crippen molar-refractivity contribution in [2.24, 2.45) is 5.41 Å². The molecule has 0 radical (unpaired) electrons. The Morgan fingerprint density at radius 1 is 1.32 bits per heavy atom. The van der Waals surface area contributed by atoms with E-state index >= 15 is 0 Å². The number of carbonyl (C=O) groups excluding carboxylic acids is 1. The van der Waals surface area contributed by atoms with E-state index in [1.807, 2.05) is 32.9 Å². The number of Topliss-reactive ketones (excluding diaryl/α,β-unsaturated/α-hetero) is 1. The maximum Gasteiger partial charge on any atom is 0.146 e. The molecule has 0 amide bonds. The largest absolute Gasteiger partial charge is 0.395 e. The molecular formula is C15H22ClNO2. The number of carbonyl (C=O) groups is 1. The number of hydrogen-bond acceptors (Lipinski definition) is 3. The summed E-state index contributed by atoms with van der Waals surface area (Å²) in [5, 5.41) is 12.6. The van der Waals surface area contributed by atoms with E-state index < -0.39 is 5.41 Å². The predicted octanol–water partition coefficient (Wildman–Crippen LogP) is 2.62. The molecule has 2 N–H and O–H groups in total. The van der Waals surface area contributed by atoms with Crippen molar-refractivity contribution in [1.29, 1.82) is 0 Å². The van der Waals surface area contributed by atoms with Gasteiger partial charge in [-0.3, -0.25) is 4.79 Å². The summed E-state index contributed by atoms with van der Waals surface area (Å²) in [5.41, 5.74) is 0.556. The number of aliphatic hydroxyl groups is 1. The topological polar surface area (TPSA) is 49.3 Å². The van der Waals surface area contributed by atoms with Crippen molar-refractivity contribution >= 4 is 17.4 Å². The number of hydrogen-bond donors (Lipinski definition) is 2. The lowest BCUT2D eigenvalue weighted by atomic mass is 9.80. The molecular weight excluding hydrogens is 262 g/mol. The van der Waals surface area contributed by atoms with Crippen LogP contribution in [0.1, 0.15) is 32.3 Å². The zero-order valence-corrected chi connectivity index (χ0v) is 12.5. The van der Waals surface area contributed by atoms with E-state index in [-0.39, 0.29) is 18.3 Å². The van der Waals surface area contributed by atoms with Crippen molar-refractivity contribution < 1.29 is 9.90 Å². The molecule has 0 fully saturated rings. The maximum absolute atomic E-state index is 12.5. The van der Waals surface area contributed by atoms with Crippen LogP contribution in [0.15, 0.2) is 24.3 Å². The van der Waals surface area contributed by atoms with Crippen molar-refractivity contribution in [1.82, 2.24) is 5.32 Å². The lowest BCUT2D eigenvalue weighted by Gasteiger charge is -2.25. The minimum Gasteiger partial charge on any atom is -0.395 e. The van der Waals surface area contributed by atoms with E-state index in [2.05, 4.69) is 5.32 Å². The zero-order chi connectivity index (χ0) is 14.5. The first-order valence-electron chi connectivity index (χ1n) is 6.47. The highest BCUT2D eigenvalue weighted by Crippen LogP contribution is 2.27. The number of nitrogens with one attached hydrogen (secondary N) is 1. The molecule has 1 atom stereocenters. The van der Waals surface area contributed by atoms with E-state index in [0.717, 1.165) is 5.56 Å². The molecule has 0 bridgehead atoms. The van der Waals surface area contributed by atoms with Crippen LogP contribution < -0.4 is 5.32 Å². The second-order valence-electron chi connectivity index (χ2n) is 5.65. The van der Waals surface area contributed by atoms with Crippen LogP contribution in [0.2, 0.25) is 5.02 Å². The van der Waals surface area contributed by atoms with Crippen LogP contribution in [0.3, 0.4) is 0 Å². The van der Waals surface area contributed by atoms with Crippen LogP contribution in [-0.4, -0.2) is 30.6 Å². The molecule has 0 saturated carbocycles. The second-order valence-corrected chi connectivity index (χ2v) is 6.08. The molecule has 1 rings (SSSR count). The SMILES string of the molecule is CC(C)(C)C(=O)C(CNCCO)c1ccc(Cl)cc1. The Balaban J connectivity index is 2.91. The highest BCUT2D eigenvalue weighted by molar-refractivity contribution is 6.30. The van der Waals surface area contributed by atoms with Gasteiger partial charge in [-0.15, -0.1) is 0 Å². The van der Waals surface area contributed by atoms with E-state index in [9.17, 15) is 4.79 Å². The van der Waals surface area contributed by atoms with Gasteiger partial charge in [0.1, 0.15) is 5.78 Å². The predicted molar refractivity (Wildman–Crippen MR) is 78.6 cm³/mol. The first-order valence-corrected chi connectivity index (χ1v) is 6.85. The fourth-order valence-corrected chi connectivity index (χ4v) is 2.03. The summed E-state index contributed by atoms with van der Waals surface area (Å²) in [5.74, 6) is -0.0379. The van der Waals surface area contributed by atoms with Gasteiger partial charge in [0.2, 0.25) is 0 Å². The molecule has 0 aromatic heterocycles. The maximum atomic E-state index is 12.5. The van der Waals surface area contributed by atoms with E-state index in [1.54, 1.807) is 12.1 Å². The molecule has 1 unspecified atom stereocenters. The Labute approximate surface area is 120 Å². The summed E-state index contributed by atoms with van der Waals surface area (Å²) in [4.78, 5) is 12.5. The number of aliphatic hydroxyl groups excluding tert-OH is 1. The third-order valence-electron chi connectivity index (χ3n) is 2.97. The van der Waals surface area contributed by atoms with Gasteiger partial charge in [0.15, 0.2) is 0 Å². The normalized spacial score (nSPS) is 13.3. The molecule has 1 aromatic carbocycles. The molecule has 0 aliphatic rings. The lowest BCUT2D eigenvalue weighted by molar-refractivity contribution is -0.127. The summed E-state index contributed by atoms with van der Waals surface area (Å²) in [6, 6.07) is 7.37. The van der Waals surface area contributed by atoms with Gasteiger partial charge < -0.3 is 10.4 Å². The minimum atomic E-state index is -0.398. The highest BCUT2D eigenvalue weighted by Gasteiger charge is 2.30. The van der Waals surface area contributed by atoms with Gasteiger partial charge in [-0.25, -0.2) is 0 Å². The Kier molecular flexibility index (Phi) is 5.98. The summed E-state index contributed by atoms with van der Waals surface area (Å²) in [6.07, 6.45) is 0. The summed E-state index contributed by atoms with van der Waals surface area (Å²) >= 11 is 5.88. The standard InChI is InChI=1S/C15H22ClNO2/c1-15(2,3)14(19)13(10-17-8-9-18)11-4-6-12(16)7-5-11/h4-7,13,17-18H,8-10H2,1-3H3. The van der Waals surface area contributed by atoms with Gasteiger partial charge in [0.25, 0.3) is 0 Å². The van der Waals surface area contributed by atoms with Crippen LogP contribution in [-0.2, 0) is 4.79 Å². The Morgan fingerprint density at radius 2 is 1.89 bits per heavy atom. The molecule has 3 nitrogen and oxygen atoms in total. The van der Waals surface area contributed by atoms with Crippen LogP contribution >= 0.6 is 11.6 Å².